The summed E-state index contributed by atoms with van der Waals surface area (Å²) in [7, 11) is 0. The third kappa shape index (κ3) is 2.55. The second-order valence-corrected chi connectivity index (χ2v) is 6.30. The van der Waals surface area contributed by atoms with Gasteiger partial charge in [0.05, 0.1) is 23.8 Å². The lowest BCUT2D eigenvalue weighted by atomic mass is 9.73. The molecule has 20 heavy (non-hydrogen) atoms. The minimum atomic E-state index is 0.341. The topological polar surface area (TPSA) is 42.7 Å². The highest BCUT2D eigenvalue weighted by atomic mass is 15.4. The molecular formula is C16H22N4. The Morgan fingerprint density at radius 1 is 1.25 bits per heavy atom. The fraction of sp³-hybridized carbons (Fsp3) is 0.500. The first kappa shape index (κ1) is 13.2. The Kier molecular flexibility index (Phi) is 3.47. The summed E-state index contributed by atoms with van der Waals surface area (Å²) in [6, 6.07) is 8.82. The van der Waals surface area contributed by atoms with E-state index in [1.54, 1.807) is 6.20 Å². The summed E-state index contributed by atoms with van der Waals surface area (Å²) in [4.78, 5) is 0. The molecule has 2 aromatic rings. The lowest BCUT2D eigenvalue weighted by Gasteiger charge is -2.40. The van der Waals surface area contributed by atoms with Gasteiger partial charge >= 0.3 is 0 Å². The highest BCUT2D eigenvalue weighted by Gasteiger charge is 2.32. The third-order valence-electron chi connectivity index (χ3n) is 4.41. The maximum Gasteiger partial charge on any atom is 0.0894 e. The Balaban J connectivity index is 1.88. The molecule has 1 unspecified atom stereocenters. The molecule has 1 atom stereocenters. The number of benzene rings is 1. The van der Waals surface area contributed by atoms with E-state index in [0.717, 1.165) is 11.4 Å². The average molecular weight is 270 g/mol. The molecule has 0 spiro atoms. The van der Waals surface area contributed by atoms with E-state index in [4.69, 9.17) is 0 Å². The molecule has 0 amide bonds. The highest BCUT2D eigenvalue weighted by Crippen LogP contribution is 2.38. The smallest absolute Gasteiger partial charge is 0.0894 e. The van der Waals surface area contributed by atoms with Crippen molar-refractivity contribution < 1.29 is 0 Å². The number of rotatable bonds is 3. The summed E-state index contributed by atoms with van der Waals surface area (Å²) in [6.07, 6.45) is 8.77. The Morgan fingerprint density at radius 2 is 2.10 bits per heavy atom. The normalized spacial score (nSPS) is 21.6. The summed E-state index contributed by atoms with van der Waals surface area (Å²) in [5.74, 6) is 0. The minimum absolute atomic E-state index is 0.341. The van der Waals surface area contributed by atoms with E-state index in [9.17, 15) is 0 Å². The summed E-state index contributed by atoms with van der Waals surface area (Å²) < 4.78 is 1.82. The maximum absolute atomic E-state index is 4.10. The zero-order chi connectivity index (χ0) is 14.0. The summed E-state index contributed by atoms with van der Waals surface area (Å²) in [6.45, 7) is 4.73. The quantitative estimate of drug-likeness (QED) is 0.925. The van der Waals surface area contributed by atoms with Crippen molar-refractivity contribution >= 4 is 5.69 Å². The van der Waals surface area contributed by atoms with Crippen molar-refractivity contribution in [3.8, 4) is 5.69 Å². The van der Waals surface area contributed by atoms with Gasteiger partial charge in [-0.25, -0.2) is 4.68 Å². The molecule has 1 aromatic carbocycles. The van der Waals surface area contributed by atoms with E-state index in [2.05, 4.69) is 47.7 Å². The maximum atomic E-state index is 4.10. The lowest BCUT2D eigenvalue weighted by Crippen LogP contribution is -2.39. The molecule has 0 radical (unpaired) electrons. The van der Waals surface area contributed by atoms with Crippen molar-refractivity contribution in [1.82, 2.24) is 15.0 Å². The zero-order valence-corrected chi connectivity index (χ0v) is 12.2. The number of nitrogens with one attached hydrogen (secondary N) is 1. The molecule has 3 rings (SSSR count). The number of anilines is 1. The molecule has 4 nitrogen and oxygen atoms in total. The fourth-order valence-corrected chi connectivity index (χ4v) is 3.08. The van der Waals surface area contributed by atoms with Crippen molar-refractivity contribution in [1.29, 1.82) is 0 Å². The van der Waals surface area contributed by atoms with Gasteiger partial charge in [-0.15, -0.1) is 5.10 Å². The molecule has 1 saturated carbocycles. The van der Waals surface area contributed by atoms with Gasteiger partial charge in [0.1, 0.15) is 0 Å². The number of hydrogen-bond acceptors (Lipinski definition) is 3. The average Bonchev–Trinajstić information content (AvgIpc) is 2.95. The predicted molar refractivity (Wildman–Crippen MR) is 81.0 cm³/mol. The monoisotopic (exact) mass is 270 g/mol. The van der Waals surface area contributed by atoms with E-state index in [1.807, 2.05) is 16.9 Å². The van der Waals surface area contributed by atoms with Crippen LogP contribution in [0, 0.1) is 5.41 Å². The molecule has 1 aromatic heterocycles. The molecule has 1 N–H and O–H groups in total. The van der Waals surface area contributed by atoms with Gasteiger partial charge in [0.25, 0.3) is 0 Å². The number of para-hydroxylation sites is 2. The van der Waals surface area contributed by atoms with E-state index in [1.165, 1.54) is 25.7 Å². The first-order valence-corrected chi connectivity index (χ1v) is 7.39. The van der Waals surface area contributed by atoms with Crippen LogP contribution >= 0.6 is 0 Å². The van der Waals surface area contributed by atoms with Crippen LogP contribution in [0.5, 0.6) is 0 Å². The van der Waals surface area contributed by atoms with Gasteiger partial charge in [0, 0.05) is 6.04 Å². The second kappa shape index (κ2) is 5.27. The first-order chi connectivity index (χ1) is 9.67. The third-order valence-corrected chi connectivity index (χ3v) is 4.41. The number of aromatic nitrogens is 3. The minimum Gasteiger partial charge on any atom is -0.380 e. The Labute approximate surface area is 120 Å². The van der Waals surface area contributed by atoms with Crippen LogP contribution in [0.15, 0.2) is 36.7 Å². The van der Waals surface area contributed by atoms with E-state index < -0.39 is 0 Å². The van der Waals surface area contributed by atoms with E-state index in [0.29, 0.717) is 11.5 Å². The van der Waals surface area contributed by atoms with Crippen molar-refractivity contribution in [2.75, 3.05) is 5.32 Å². The number of nitrogens with zero attached hydrogens (tertiary/aromatic N) is 3. The molecule has 1 aliphatic carbocycles. The van der Waals surface area contributed by atoms with Crippen LogP contribution in [0.4, 0.5) is 5.69 Å². The molecule has 1 fully saturated rings. The van der Waals surface area contributed by atoms with Gasteiger partial charge in [-0.3, -0.25) is 0 Å². The molecule has 1 heterocycles. The van der Waals surface area contributed by atoms with E-state index in [-0.39, 0.29) is 0 Å². The molecule has 4 heteroatoms. The van der Waals surface area contributed by atoms with Crippen molar-refractivity contribution in [2.45, 2.75) is 45.6 Å². The standard InChI is InChI=1S/C16H22N4/c1-16(2)10-6-5-9-15(16)18-13-7-3-4-8-14(13)20-12-11-17-19-20/h3-4,7-8,11-12,15,18H,5-6,9-10H2,1-2H3. The van der Waals surface area contributed by atoms with Gasteiger partial charge in [0.2, 0.25) is 0 Å². The summed E-state index contributed by atoms with van der Waals surface area (Å²) in [5, 5.41) is 11.7. The SMILES string of the molecule is CC1(C)CCCCC1Nc1ccccc1-n1ccnn1. The summed E-state index contributed by atoms with van der Waals surface area (Å²) >= 11 is 0. The van der Waals surface area contributed by atoms with Crippen LogP contribution < -0.4 is 5.32 Å². The molecule has 0 bridgehead atoms. The van der Waals surface area contributed by atoms with Crippen LogP contribution in [0.2, 0.25) is 0 Å². The van der Waals surface area contributed by atoms with Crippen LogP contribution in [0.3, 0.4) is 0 Å². The largest absolute Gasteiger partial charge is 0.380 e. The Morgan fingerprint density at radius 3 is 2.85 bits per heavy atom. The molecule has 1 aliphatic rings. The second-order valence-electron chi connectivity index (χ2n) is 6.30. The van der Waals surface area contributed by atoms with Gasteiger partial charge < -0.3 is 5.32 Å². The van der Waals surface area contributed by atoms with Crippen LogP contribution in [-0.4, -0.2) is 21.0 Å². The molecule has 0 aliphatic heterocycles. The van der Waals surface area contributed by atoms with E-state index >= 15 is 0 Å². The van der Waals surface area contributed by atoms with Gasteiger partial charge in [-0.05, 0) is 30.4 Å². The van der Waals surface area contributed by atoms with Crippen LogP contribution in [0.1, 0.15) is 39.5 Å². The van der Waals surface area contributed by atoms with Gasteiger partial charge in [-0.1, -0.05) is 44.0 Å². The summed E-state index contributed by atoms with van der Waals surface area (Å²) in [5.41, 5.74) is 2.54. The first-order valence-electron chi connectivity index (χ1n) is 7.39. The molecule has 106 valence electrons. The van der Waals surface area contributed by atoms with Crippen molar-refractivity contribution in [3.05, 3.63) is 36.7 Å². The van der Waals surface area contributed by atoms with Crippen LogP contribution in [-0.2, 0) is 0 Å². The van der Waals surface area contributed by atoms with Crippen molar-refractivity contribution in [2.24, 2.45) is 5.41 Å². The molecular weight excluding hydrogens is 248 g/mol. The van der Waals surface area contributed by atoms with Crippen molar-refractivity contribution in [3.63, 3.8) is 0 Å². The highest BCUT2D eigenvalue weighted by molar-refractivity contribution is 5.61. The Hall–Kier alpha value is -1.84. The zero-order valence-electron chi connectivity index (χ0n) is 12.2. The lowest BCUT2D eigenvalue weighted by molar-refractivity contribution is 0.217. The van der Waals surface area contributed by atoms with Gasteiger partial charge in [0.15, 0.2) is 0 Å². The fourth-order valence-electron chi connectivity index (χ4n) is 3.08. The predicted octanol–water partition coefficient (Wildman–Crippen LogP) is 3.65. The molecule has 0 saturated heterocycles. The Bertz CT molecular complexity index is 560. The van der Waals surface area contributed by atoms with Gasteiger partial charge in [-0.2, -0.15) is 0 Å². The number of hydrogen-bond donors (Lipinski definition) is 1. The van der Waals surface area contributed by atoms with Crippen LogP contribution in [0.25, 0.3) is 5.69 Å².